The van der Waals surface area contributed by atoms with E-state index in [2.05, 4.69) is 5.32 Å². The van der Waals surface area contributed by atoms with Gasteiger partial charge in [-0.3, -0.25) is 4.79 Å². The fraction of sp³-hybridized carbons (Fsp3) is 0.381. The predicted molar refractivity (Wildman–Crippen MR) is 110 cm³/mol. The summed E-state index contributed by atoms with van der Waals surface area (Å²) in [4.78, 5) is 12.6. The number of carbonyl (C=O) groups excluding carboxylic acids is 1. The normalized spacial score (nSPS) is 15.8. The summed E-state index contributed by atoms with van der Waals surface area (Å²) < 4.78 is 44.1. The smallest absolute Gasteiger partial charge is 0.227 e. The van der Waals surface area contributed by atoms with Gasteiger partial charge in [-0.15, -0.1) is 0 Å². The molecule has 156 valence electrons. The molecule has 1 N–H and O–H groups in total. The minimum atomic E-state index is -3.20. The van der Waals surface area contributed by atoms with Crippen molar-refractivity contribution in [1.82, 2.24) is 4.31 Å². The van der Waals surface area contributed by atoms with Crippen LogP contribution in [0.15, 0.2) is 48.5 Å². The third-order valence-corrected chi connectivity index (χ3v) is 6.86. The molecule has 6 nitrogen and oxygen atoms in total. The number of nitrogens with zero attached hydrogens (tertiary/aromatic N) is 1. The van der Waals surface area contributed by atoms with E-state index in [0.717, 1.165) is 5.56 Å². The van der Waals surface area contributed by atoms with E-state index in [-0.39, 0.29) is 30.0 Å². The monoisotopic (exact) mass is 420 g/mol. The zero-order chi connectivity index (χ0) is 20.9. The Morgan fingerprint density at radius 2 is 1.90 bits per heavy atom. The van der Waals surface area contributed by atoms with Crippen molar-refractivity contribution >= 4 is 21.6 Å². The molecule has 0 bridgehead atoms. The zero-order valence-electron chi connectivity index (χ0n) is 16.3. The third-order valence-electron chi connectivity index (χ3n) is 4.98. The van der Waals surface area contributed by atoms with Gasteiger partial charge < -0.3 is 10.1 Å². The molecule has 0 aliphatic carbocycles. The van der Waals surface area contributed by atoms with Crippen LogP contribution in [0.3, 0.4) is 0 Å². The van der Waals surface area contributed by atoms with Crippen LogP contribution < -0.4 is 10.1 Å². The average molecular weight is 421 g/mol. The van der Waals surface area contributed by atoms with Gasteiger partial charge in [0.25, 0.3) is 0 Å². The van der Waals surface area contributed by atoms with Crippen LogP contribution in [0, 0.1) is 11.7 Å². The lowest BCUT2D eigenvalue weighted by atomic mass is 9.97. The molecule has 1 amide bonds. The highest BCUT2D eigenvalue weighted by atomic mass is 32.2. The number of halogens is 1. The maximum absolute atomic E-state index is 13.2. The van der Waals surface area contributed by atoms with Crippen molar-refractivity contribution in [1.29, 1.82) is 0 Å². The minimum absolute atomic E-state index is 0.0777. The van der Waals surface area contributed by atoms with Gasteiger partial charge in [0.2, 0.25) is 15.9 Å². The molecule has 1 aliphatic heterocycles. The maximum Gasteiger partial charge on any atom is 0.227 e. The number of rotatable bonds is 7. The molecule has 3 rings (SSSR count). The van der Waals surface area contributed by atoms with Crippen molar-refractivity contribution in [2.45, 2.75) is 26.4 Å². The second-order valence-corrected chi connectivity index (χ2v) is 9.27. The fourth-order valence-corrected chi connectivity index (χ4v) is 4.42. The predicted octanol–water partition coefficient (Wildman–Crippen LogP) is 3.40. The zero-order valence-corrected chi connectivity index (χ0v) is 17.1. The molecule has 8 heteroatoms. The van der Waals surface area contributed by atoms with Crippen LogP contribution in [0.4, 0.5) is 10.1 Å². The number of amides is 1. The van der Waals surface area contributed by atoms with Gasteiger partial charge >= 0.3 is 0 Å². The average Bonchev–Trinajstić information content (AvgIpc) is 2.73. The standard InChI is InChI=1S/C21H25FN2O4S/c1-2-29(26,27)24-11-9-17(10-12-24)21(25)23-19-7-3-5-16(13-19)15-28-20-8-4-6-18(22)14-20/h3-8,13-14,17H,2,9-12,15H2,1H3,(H,23,25). The number of sulfonamides is 1. The molecule has 1 heterocycles. The van der Waals surface area contributed by atoms with Crippen molar-refractivity contribution in [2.24, 2.45) is 5.92 Å². The lowest BCUT2D eigenvalue weighted by molar-refractivity contribution is -0.120. The number of benzene rings is 2. The van der Waals surface area contributed by atoms with Crippen molar-refractivity contribution in [2.75, 3.05) is 24.2 Å². The second kappa shape index (κ2) is 9.37. The van der Waals surface area contributed by atoms with Gasteiger partial charge in [0.1, 0.15) is 18.2 Å². The first-order valence-electron chi connectivity index (χ1n) is 9.63. The summed E-state index contributed by atoms with van der Waals surface area (Å²) in [6.45, 7) is 2.62. The first-order chi connectivity index (χ1) is 13.9. The maximum atomic E-state index is 13.2. The van der Waals surface area contributed by atoms with Gasteiger partial charge in [-0.05, 0) is 49.6 Å². The van der Waals surface area contributed by atoms with E-state index in [9.17, 15) is 17.6 Å². The Morgan fingerprint density at radius 1 is 1.17 bits per heavy atom. The Bertz CT molecular complexity index is 957. The Labute approximate surface area is 170 Å². The molecule has 1 fully saturated rings. The van der Waals surface area contributed by atoms with Crippen molar-refractivity contribution in [3.8, 4) is 5.75 Å². The Kier molecular flexibility index (Phi) is 6.87. The number of nitrogens with one attached hydrogen (secondary N) is 1. The molecule has 0 spiro atoms. The van der Waals surface area contributed by atoms with E-state index in [1.54, 1.807) is 25.1 Å². The lowest BCUT2D eigenvalue weighted by Gasteiger charge is -2.30. The van der Waals surface area contributed by atoms with Crippen LogP contribution in [-0.4, -0.2) is 37.5 Å². The number of hydrogen-bond acceptors (Lipinski definition) is 4. The highest BCUT2D eigenvalue weighted by Crippen LogP contribution is 2.22. The van der Waals surface area contributed by atoms with E-state index in [4.69, 9.17) is 4.74 Å². The Balaban J connectivity index is 1.54. The van der Waals surface area contributed by atoms with Gasteiger partial charge in [-0.2, -0.15) is 0 Å². The number of carbonyl (C=O) groups is 1. The van der Waals surface area contributed by atoms with Gasteiger partial charge in [-0.1, -0.05) is 18.2 Å². The van der Waals surface area contributed by atoms with Crippen LogP contribution >= 0.6 is 0 Å². The highest BCUT2D eigenvalue weighted by Gasteiger charge is 2.30. The minimum Gasteiger partial charge on any atom is -0.489 e. The highest BCUT2D eigenvalue weighted by molar-refractivity contribution is 7.89. The number of ether oxygens (including phenoxy) is 1. The molecule has 0 atom stereocenters. The molecule has 0 unspecified atom stereocenters. The first-order valence-corrected chi connectivity index (χ1v) is 11.2. The summed E-state index contributed by atoms with van der Waals surface area (Å²) >= 11 is 0. The summed E-state index contributed by atoms with van der Waals surface area (Å²) in [5, 5.41) is 2.90. The van der Waals surface area contributed by atoms with Crippen molar-refractivity contribution < 1.29 is 22.3 Å². The summed E-state index contributed by atoms with van der Waals surface area (Å²) in [6.07, 6.45) is 1.01. The van der Waals surface area contributed by atoms with E-state index < -0.39 is 10.0 Å². The first kappa shape index (κ1) is 21.3. The summed E-state index contributed by atoms with van der Waals surface area (Å²) in [7, 11) is -3.20. The third kappa shape index (κ3) is 5.77. The van der Waals surface area contributed by atoms with Crippen molar-refractivity contribution in [3.63, 3.8) is 0 Å². The number of piperidine rings is 1. The lowest BCUT2D eigenvalue weighted by Crippen LogP contribution is -2.42. The summed E-state index contributed by atoms with van der Waals surface area (Å²) in [5.41, 5.74) is 1.50. The van der Waals surface area contributed by atoms with Gasteiger partial charge in [-0.25, -0.2) is 17.1 Å². The van der Waals surface area contributed by atoms with Crippen molar-refractivity contribution in [3.05, 3.63) is 59.9 Å². The van der Waals surface area contributed by atoms with E-state index >= 15 is 0 Å². The molecule has 0 radical (unpaired) electrons. The van der Waals surface area contributed by atoms with Crippen LogP contribution in [0.5, 0.6) is 5.75 Å². The van der Waals surface area contributed by atoms with Crippen LogP contribution in [-0.2, 0) is 21.4 Å². The van der Waals surface area contributed by atoms with E-state index in [1.807, 2.05) is 18.2 Å². The quantitative estimate of drug-likeness (QED) is 0.745. The number of anilines is 1. The molecule has 2 aromatic carbocycles. The summed E-state index contributed by atoms with van der Waals surface area (Å²) in [6, 6.07) is 13.2. The van der Waals surface area contributed by atoms with Crippen LogP contribution in [0.2, 0.25) is 0 Å². The van der Waals surface area contributed by atoms with E-state index in [1.165, 1.54) is 16.4 Å². The molecular weight excluding hydrogens is 395 g/mol. The molecule has 2 aromatic rings. The Hall–Kier alpha value is -2.45. The van der Waals surface area contributed by atoms with E-state index in [0.29, 0.717) is 37.4 Å². The van der Waals surface area contributed by atoms with Gasteiger partial charge in [0.05, 0.1) is 5.75 Å². The van der Waals surface area contributed by atoms with Gasteiger partial charge in [0.15, 0.2) is 0 Å². The molecule has 1 aliphatic rings. The largest absolute Gasteiger partial charge is 0.489 e. The topological polar surface area (TPSA) is 75.7 Å². The molecule has 1 saturated heterocycles. The SMILES string of the molecule is CCS(=O)(=O)N1CCC(C(=O)Nc2cccc(COc3cccc(F)c3)c2)CC1. The van der Waals surface area contributed by atoms with Gasteiger partial charge in [0, 0.05) is 30.8 Å². The molecule has 0 saturated carbocycles. The second-order valence-electron chi connectivity index (χ2n) is 7.01. The fourth-order valence-electron chi connectivity index (χ4n) is 3.29. The molecular formula is C21H25FN2O4S. The molecule has 29 heavy (non-hydrogen) atoms. The summed E-state index contributed by atoms with van der Waals surface area (Å²) in [5.74, 6) is -0.171. The van der Waals surface area contributed by atoms with Crippen LogP contribution in [0.1, 0.15) is 25.3 Å². The Morgan fingerprint density at radius 3 is 2.59 bits per heavy atom. The molecule has 0 aromatic heterocycles. The van der Waals surface area contributed by atoms with Crippen LogP contribution in [0.25, 0.3) is 0 Å². The number of hydrogen-bond donors (Lipinski definition) is 1.